The van der Waals surface area contributed by atoms with Crippen LogP contribution in [0, 0.1) is 11.5 Å². The normalized spacial score (nSPS) is 29.0. The third-order valence-corrected chi connectivity index (χ3v) is 4.73. The Morgan fingerprint density at radius 3 is 2.48 bits per heavy atom. The van der Waals surface area contributed by atoms with Gasteiger partial charge in [0.2, 0.25) is 0 Å². The Kier molecular flexibility index (Phi) is 5.94. The maximum atomic E-state index is 12.0. The van der Waals surface area contributed by atoms with Crippen molar-refractivity contribution in [2.75, 3.05) is 6.61 Å². The highest BCUT2D eigenvalue weighted by atomic mass is 35.5. The zero-order valence-electron chi connectivity index (χ0n) is 14.2. The molecule has 6 nitrogen and oxygen atoms in total. The van der Waals surface area contributed by atoms with Crippen molar-refractivity contribution < 1.29 is 29.6 Å². The lowest BCUT2D eigenvalue weighted by atomic mass is 9.94. The lowest BCUT2D eigenvalue weighted by molar-refractivity contribution is -0.133. The molecule has 1 aliphatic heterocycles. The molecule has 3 N–H and O–H groups in total. The average Bonchev–Trinajstić information content (AvgIpc) is 2.75. The summed E-state index contributed by atoms with van der Waals surface area (Å²) in [7, 11) is -1.85. The Bertz CT molecular complexity index is 690. The summed E-state index contributed by atoms with van der Waals surface area (Å²) < 4.78 is 10.3. The summed E-state index contributed by atoms with van der Waals surface area (Å²) >= 11 is 5.77. The monoisotopic (exact) mass is 384 g/mol. The first-order valence-electron chi connectivity index (χ1n) is 7.74. The van der Waals surface area contributed by atoms with Crippen molar-refractivity contribution in [3.63, 3.8) is 0 Å². The first-order valence-corrected chi connectivity index (χ1v) is 11.6. The summed E-state index contributed by atoms with van der Waals surface area (Å²) in [5.74, 6) is 1.98. The summed E-state index contributed by atoms with van der Waals surface area (Å²) in [6.07, 6.45) is -4.40. The van der Waals surface area contributed by atoms with Gasteiger partial charge in [0.15, 0.2) is 11.9 Å². The van der Waals surface area contributed by atoms with Gasteiger partial charge in [0.1, 0.15) is 26.9 Å². The van der Waals surface area contributed by atoms with Gasteiger partial charge in [-0.15, -0.1) is 5.54 Å². The number of carbonyl (C=O) groups is 1. The molecule has 8 heteroatoms. The molecule has 136 valence electrons. The van der Waals surface area contributed by atoms with Crippen LogP contribution in [0.3, 0.4) is 0 Å². The lowest BCUT2D eigenvalue weighted by Crippen LogP contribution is -2.49. The SMILES string of the molecule is C[Si](C)(C)C#C[C@@]1(O)[C@@H](COC(=O)c2ccc(Cl)cc2)OC(O)[C@@H]1O. The largest absolute Gasteiger partial charge is 0.459 e. The molecule has 1 unspecified atom stereocenters. The Balaban J connectivity index is 2.12. The van der Waals surface area contributed by atoms with Crippen molar-refractivity contribution in [1.82, 2.24) is 0 Å². The molecule has 25 heavy (non-hydrogen) atoms. The molecule has 0 saturated carbocycles. The zero-order chi connectivity index (χ0) is 18.8. The van der Waals surface area contributed by atoms with E-state index >= 15 is 0 Å². The Morgan fingerprint density at radius 1 is 1.32 bits per heavy atom. The summed E-state index contributed by atoms with van der Waals surface area (Å²) in [4.78, 5) is 12.0. The van der Waals surface area contributed by atoms with Crippen molar-refractivity contribution >= 4 is 25.6 Å². The number of esters is 1. The molecule has 0 radical (unpaired) electrons. The summed E-state index contributed by atoms with van der Waals surface area (Å²) in [5, 5.41) is 30.9. The van der Waals surface area contributed by atoms with Crippen LogP contribution in [0.25, 0.3) is 0 Å². The van der Waals surface area contributed by atoms with Crippen LogP contribution in [0.2, 0.25) is 24.7 Å². The number of benzene rings is 1. The molecule has 1 saturated heterocycles. The van der Waals surface area contributed by atoms with Crippen LogP contribution >= 0.6 is 11.6 Å². The second kappa shape index (κ2) is 7.46. The number of rotatable bonds is 3. The van der Waals surface area contributed by atoms with Gasteiger partial charge in [-0.1, -0.05) is 37.2 Å². The van der Waals surface area contributed by atoms with Crippen molar-refractivity contribution in [3.05, 3.63) is 34.9 Å². The topological polar surface area (TPSA) is 96.2 Å². The van der Waals surface area contributed by atoms with Crippen LogP contribution in [0.4, 0.5) is 0 Å². The maximum absolute atomic E-state index is 12.0. The number of hydrogen-bond acceptors (Lipinski definition) is 6. The van der Waals surface area contributed by atoms with E-state index < -0.39 is 38.1 Å². The smallest absolute Gasteiger partial charge is 0.338 e. The summed E-state index contributed by atoms with van der Waals surface area (Å²) in [5.41, 5.74) is 1.21. The first kappa shape index (κ1) is 19.9. The minimum atomic E-state index is -2.01. The van der Waals surface area contributed by atoms with E-state index in [2.05, 4.69) is 11.5 Å². The minimum Gasteiger partial charge on any atom is -0.459 e. The molecule has 2 rings (SSSR count). The molecular weight excluding hydrogens is 364 g/mol. The molecule has 0 spiro atoms. The molecule has 1 heterocycles. The standard InChI is InChI=1S/C17H21ClO6Si/c1-25(2,3)9-8-17(22)13(24-16(21)14(17)19)10-23-15(20)11-4-6-12(18)7-5-11/h4-7,13-14,16,19,21-22H,10H2,1-3H3/t13-,14+,16?,17-/m1/s1. The number of aliphatic hydroxyl groups is 3. The van der Waals surface area contributed by atoms with Gasteiger partial charge < -0.3 is 24.8 Å². The molecule has 1 aromatic rings. The Morgan fingerprint density at radius 2 is 1.92 bits per heavy atom. The zero-order valence-corrected chi connectivity index (χ0v) is 15.9. The third kappa shape index (κ3) is 4.82. The van der Waals surface area contributed by atoms with E-state index in [1.807, 2.05) is 19.6 Å². The van der Waals surface area contributed by atoms with Crippen LogP contribution < -0.4 is 0 Å². The van der Waals surface area contributed by atoms with Crippen LogP contribution in [0.15, 0.2) is 24.3 Å². The molecule has 1 aliphatic rings. The van der Waals surface area contributed by atoms with Gasteiger partial charge in [-0.3, -0.25) is 0 Å². The molecule has 0 amide bonds. The number of halogens is 1. The fourth-order valence-corrected chi connectivity index (χ4v) is 2.88. The highest BCUT2D eigenvalue weighted by molar-refractivity contribution is 6.83. The van der Waals surface area contributed by atoms with E-state index in [-0.39, 0.29) is 12.2 Å². The fraction of sp³-hybridized carbons (Fsp3) is 0.471. The summed E-state index contributed by atoms with van der Waals surface area (Å²) in [6.45, 7) is 5.54. The van der Waals surface area contributed by atoms with E-state index in [9.17, 15) is 20.1 Å². The van der Waals surface area contributed by atoms with Crippen molar-refractivity contribution in [3.8, 4) is 11.5 Å². The van der Waals surface area contributed by atoms with Gasteiger partial charge >= 0.3 is 5.97 Å². The number of ether oxygens (including phenoxy) is 2. The van der Waals surface area contributed by atoms with Crippen LogP contribution in [0.5, 0.6) is 0 Å². The van der Waals surface area contributed by atoms with Crippen molar-refractivity contribution in [1.29, 1.82) is 0 Å². The van der Waals surface area contributed by atoms with Gasteiger partial charge in [-0.05, 0) is 24.3 Å². The van der Waals surface area contributed by atoms with Crippen molar-refractivity contribution in [2.45, 2.75) is 43.7 Å². The highest BCUT2D eigenvalue weighted by Crippen LogP contribution is 2.30. The van der Waals surface area contributed by atoms with Crippen molar-refractivity contribution in [2.24, 2.45) is 0 Å². The molecule has 0 aliphatic carbocycles. The number of aliphatic hydroxyl groups excluding tert-OH is 2. The number of carbonyl (C=O) groups excluding carboxylic acids is 1. The maximum Gasteiger partial charge on any atom is 0.338 e. The molecule has 1 fully saturated rings. The first-order chi connectivity index (χ1) is 11.5. The molecule has 0 bridgehead atoms. The quantitative estimate of drug-likeness (QED) is 0.411. The highest BCUT2D eigenvalue weighted by Gasteiger charge is 2.55. The molecular formula is C17H21ClO6Si. The molecule has 1 aromatic carbocycles. The molecule has 4 atom stereocenters. The van der Waals surface area contributed by atoms with E-state index in [1.165, 1.54) is 12.1 Å². The van der Waals surface area contributed by atoms with Crippen LogP contribution in [-0.4, -0.2) is 60.1 Å². The summed E-state index contributed by atoms with van der Waals surface area (Å²) in [6, 6.07) is 6.10. The predicted octanol–water partition coefficient (Wildman–Crippen LogP) is 1.19. The van der Waals surface area contributed by atoms with Crippen LogP contribution in [-0.2, 0) is 9.47 Å². The minimum absolute atomic E-state index is 0.278. The van der Waals surface area contributed by atoms with Gasteiger partial charge in [-0.25, -0.2) is 4.79 Å². The van der Waals surface area contributed by atoms with Crippen LogP contribution in [0.1, 0.15) is 10.4 Å². The van der Waals surface area contributed by atoms with Gasteiger partial charge in [0.05, 0.1) is 5.56 Å². The predicted molar refractivity (Wildman–Crippen MR) is 94.7 cm³/mol. The van der Waals surface area contributed by atoms with E-state index in [1.54, 1.807) is 12.1 Å². The Hall–Kier alpha value is -1.40. The van der Waals surface area contributed by atoms with E-state index in [4.69, 9.17) is 21.1 Å². The third-order valence-electron chi connectivity index (χ3n) is 3.60. The fourth-order valence-electron chi connectivity index (χ4n) is 2.18. The second-order valence-corrected chi connectivity index (χ2v) is 12.1. The van der Waals surface area contributed by atoms with E-state index in [0.29, 0.717) is 5.02 Å². The average molecular weight is 385 g/mol. The van der Waals surface area contributed by atoms with Gasteiger partial charge in [0, 0.05) is 5.02 Å². The van der Waals surface area contributed by atoms with Gasteiger partial charge in [-0.2, -0.15) is 0 Å². The Labute approximate surface area is 152 Å². The molecule has 0 aromatic heterocycles. The lowest BCUT2D eigenvalue weighted by Gasteiger charge is -2.25. The van der Waals surface area contributed by atoms with E-state index in [0.717, 1.165) is 0 Å². The second-order valence-electron chi connectivity index (χ2n) is 6.89. The number of hydrogen-bond donors (Lipinski definition) is 3. The van der Waals surface area contributed by atoms with Gasteiger partial charge in [0.25, 0.3) is 0 Å².